The van der Waals surface area contributed by atoms with Gasteiger partial charge in [-0.05, 0) is 30.2 Å². The molecule has 2 amide bonds. The SMILES string of the molecule is CCOC(=O)[C@H]1NC(c2ccccc2)(c2ccccc2)[C@H]2C(=O)N(c3ccccc3)C(=O)[C@@H]12. The van der Waals surface area contributed by atoms with Crippen LogP contribution < -0.4 is 10.2 Å². The van der Waals surface area contributed by atoms with Gasteiger partial charge in [0.25, 0.3) is 0 Å². The maximum Gasteiger partial charge on any atom is 0.324 e. The van der Waals surface area contributed by atoms with E-state index in [4.69, 9.17) is 4.74 Å². The van der Waals surface area contributed by atoms with Gasteiger partial charge in [0.1, 0.15) is 6.04 Å². The zero-order valence-corrected chi connectivity index (χ0v) is 18.2. The first-order valence-electron chi connectivity index (χ1n) is 11.1. The molecular weight excluding hydrogens is 416 g/mol. The third-order valence-corrected chi connectivity index (χ3v) is 6.57. The Balaban J connectivity index is 1.74. The van der Waals surface area contributed by atoms with E-state index in [0.29, 0.717) is 5.69 Å². The smallest absolute Gasteiger partial charge is 0.324 e. The summed E-state index contributed by atoms with van der Waals surface area (Å²) in [6.07, 6.45) is 0. The van der Waals surface area contributed by atoms with Crippen LogP contribution in [0.2, 0.25) is 0 Å². The Morgan fingerprint density at radius 1 is 0.848 bits per heavy atom. The molecule has 0 radical (unpaired) electrons. The van der Waals surface area contributed by atoms with Crippen molar-refractivity contribution < 1.29 is 19.1 Å². The van der Waals surface area contributed by atoms with Crippen molar-refractivity contribution in [3.63, 3.8) is 0 Å². The molecule has 6 heteroatoms. The summed E-state index contributed by atoms with van der Waals surface area (Å²) in [7, 11) is 0. The minimum Gasteiger partial charge on any atom is -0.465 e. The number of amides is 2. The summed E-state index contributed by atoms with van der Waals surface area (Å²) in [5.41, 5.74) is 1.06. The van der Waals surface area contributed by atoms with Crippen molar-refractivity contribution in [2.75, 3.05) is 11.5 Å². The van der Waals surface area contributed by atoms with Crippen LogP contribution in [0.5, 0.6) is 0 Å². The molecule has 2 saturated heterocycles. The fourth-order valence-corrected chi connectivity index (χ4v) is 5.27. The number of anilines is 1. The van der Waals surface area contributed by atoms with Gasteiger partial charge in [-0.3, -0.25) is 19.7 Å². The molecule has 3 atom stereocenters. The van der Waals surface area contributed by atoms with Crippen LogP contribution in [0.15, 0.2) is 91.0 Å². The number of rotatable bonds is 5. The Kier molecular flexibility index (Phi) is 5.30. The van der Waals surface area contributed by atoms with Gasteiger partial charge in [0.05, 0.1) is 29.7 Å². The minimum absolute atomic E-state index is 0.183. The lowest BCUT2D eigenvalue weighted by Crippen LogP contribution is -2.52. The number of carbonyl (C=O) groups is 3. The van der Waals surface area contributed by atoms with E-state index in [1.165, 1.54) is 4.90 Å². The average molecular weight is 440 g/mol. The predicted molar refractivity (Wildman–Crippen MR) is 123 cm³/mol. The lowest BCUT2D eigenvalue weighted by Gasteiger charge is -2.36. The van der Waals surface area contributed by atoms with Gasteiger partial charge >= 0.3 is 5.97 Å². The van der Waals surface area contributed by atoms with Gasteiger partial charge < -0.3 is 4.74 Å². The second-order valence-corrected chi connectivity index (χ2v) is 8.27. The van der Waals surface area contributed by atoms with E-state index < -0.39 is 35.3 Å². The quantitative estimate of drug-likeness (QED) is 0.487. The number of carbonyl (C=O) groups excluding carboxylic acids is 3. The molecule has 6 nitrogen and oxygen atoms in total. The second kappa shape index (κ2) is 8.30. The van der Waals surface area contributed by atoms with Gasteiger partial charge in [-0.15, -0.1) is 0 Å². The molecule has 0 aromatic heterocycles. The predicted octanol–water partition coefficient (Wildman–Crippen LogP) is 3.27. The van der Waals surface area contributed by atoms with E-state index in [0.717, 1.165) is 11.1 Å². The van der Waals surface area contributed by atoms with E-state index in [2.05, 4.69) is 5.32 Å². The average Bonchev–Trinajstić information content (AvgIpc) is 3.35. The Labute approximate surface area is 192 Å². The number of esters is 1. The third-order valence-electron chi connectivity index (χ3n) is 6.57. The summed E-state index contributed by atoms with van der Waals surface area (Å²) in [5, 5.41) is 3.41. The number of fused-ring (bicyclic) bond motifs is 1. The molecule has 0 aliphatic carbocycles. The highest BCUT2D eigenvalue weighted by Gasteiger charge is 2.68. The van der Waals surface area contributed by atoms with Crippen LogP contribution in [0.1, 0.15) is 18.1 Å². The first-order chi connectivity index (χ1) is 16.1. The molecule has 33 heavy (non-hydrogen) atoms. The highest BCUT2D eigenvalue weighted by atomic mass is 16.5. The normalized spacial score (nSPS) is 23.4. The molecule has 166 valence electrons. The Bertz CT molecular complexity index is 1140. The summed E-state index contributed by atoms with van der Waals surface area (Å²) in [4.78, 5) is 42.0. The molecule has 2 aliphatic rings. The van der Waals surface area contributed by atoms with Crippen molar-refractivity contribution in [2.24, 2.45) is 11.8 Å². The summed E-state index contributed by atoms with van der Waals surface area (Å²) in [6, 6.07) is 27.0. The highest BCUT2D eigenvalue weighted by Crippen LogP contribution is 2.52. The van der Waals surface area contributed by atoms with Gasteiger partial charge in [-0.1, -0.05) is 78.9 Å². The van der Waals surface area contributed by atoms with E-state index in [1.807, 2.05) is 66.7 Å². The Morgan fingerprint density at radius 3 is 1.88 bits per heavy atom. The zero-order chi connectivity index (χ0) is 23.0. The van der Waals surface area contributed by atoms with Crippen molar-refractivity contribution in [2.45, 2.75) is 18.5 Å². The van der Waals surface area contributed by atoms with Gasteiger partial charge in [-0.25, -0.2) is 4.90 Å². The maximum atomic E-state index is 14.0. The van der Waals surface area contributed by atoms with E-state index in [-0.39, 0.29) is 12.5 Å². The number of nitrogens with one attached hydrogen (secondary N) is 1. The Morgan fingerprint density at radius 2 is 1.36 bits per heavy atom. The molecule has 0 unspecified atom stereocenters. The minimum atomic E-state index is -1.07. The van der Waals surface area contributed by atoms with Crippen molar-refractivity contribution in [3.05, 3.63) is 102 Å². The third kappa shape index (κ3) is 3.17. The zero-order valence-electron chi connectivity index (χ0n) is 18.2. The summed E-state index contributed by atoms with van der Waals surface area (Å²) in [5.74, 6) is -2.96. The van der Waals surface area contributed by atoms with E-state index in [9.17, 15) is 14.4 Å². The lowest BCUT2D eigenvalue weighted by atomic mass is 9.72. The monoisotopic (exact) mass is 440 g/mol. The standard InChI is InChI=1S/C27H24N2O4/c1-2-33-26(32)23-21-22(25(31)29(24(21)30)20-16-10-5-11-17-20)27(28-23,18-12-6-3-7-13-18)19-14-8-4-9-15-19/h3-17,21-23,28H,2H2,1H3/t21-,22-,23+/m1/s1. The maximum absolute atomic E-state index is 14.0. The molecule has 3 aromatic carbocycles. The first kappa shape index (κ1) is 21.1. The molecule has 2 heterocycles. The van der Waals surface area contributed by atoms with Crippen LogP contribution in [-0.2, 0) is 24.7 Å². The van der Waals surface area contributed by atoms with Crippen molar-refractivity contribution in [1.82, 2.24) is 5.32 Å². The fourth-order valence-electron chi connectivity index (χ4n) is 5.27. The molecule has 2 fully saturated rings. The van der Waals surface area contributed by atoms with Crippen molar-refractivity contribution in [3.8, 4) is 0 Å². The molecule has 0 spiro atoms. The summed E-state index contributed by atoms with van der Waals surface area (Å²) < 4.78 is 5.34. The number of hydrogen-bond acceptors (Lipinski definition) is 5. The number of nitrogens with zero attached hydrogens (tertiary/aromatic N) is 1. The van der Waals surface area contributed by atoms with Crippen LogP contribution >= 0.6 is 0 Å². The molecule has 2 aliphatic heterocycles. The van der Waals surface area contributed by atoms with Crippen molar-refractivity contribution >= 4 is 23.5 Å². The van der Waals surface area contributed by atoms with Gasteiger partial charge in [0.2, 0.25) is 11.8 Å². The van der Waals surface area contributed by atoms with Crippen LogP contribution in [0, 0.1) is 11.8 Å². The summed E-state index contributed by atoms with van der Waals surface area (Å²) >= 11 is 0. The first-order valence-corrected chi connectivity index (χ1v) is 11.1. The summed E-state index contributed by atoms with van der Waals surface area (Å²) in [6.45, 7) is 1.91. The molecule has 0 bridgehead atoms. The van der Waals surface area contributed by atoms with Gasteiger partial charge in [0, 0.05) is 0 Å². The second-order valence-electron chi connectivity index (χ2n) is 8.27. The Hall–Kier alpha value is -3.77. The molecular formula is C27H24N2O4. The van der Waals surface area contributed by atoms with Crippen LogP contribution in [0.25, 0.3) is 0 Å². The number of ether oxygens (including phenoxy) is 1. The van der Waals surface area contributed by atoms with Gasteiger partial charge in [-0.2, -0.15) is 0 Å². The highest BCUT2D eigenvalue weighted by molar-refractivity contribution is 6.24. The van der Waals surface area contributed by atoms with Crippen molar-refractivity contribution in [1.29, 1.82) is 0 Å². The number of hydrogen-bond donors (Lipinski definition) is 1. The van der Waals surface area contributed by atoms with Gasteiger partial charge in [0.15, 0.2) is 0 Å². The number of benzene rings is 3. The fraction of sp³-hybridized carbons (Fsp3) is 0.222. The molecule has 0 saturated carbocycles. The largest absolute Gasteiger partial charge is 0.465 e. The molecule has 5 rings (SSSR count). The van der Waals surface area contributed by atoms with Crippen LogP contribution in [0.3, 0.4) is 0 Å². The topological polar surface area (TPSA) is 75.7 Å². The van der Waals surface area contributed by atoms with Crippen LogP contribution in [0.4, 0.5) is 5.69 Å². The van der Waals surface area contributed by atoms with E-state index >= 15 is 0 Å². The number of para-hydroxylation sites is 1. The van der Waals surface area contributed by atoms with Crippen LogP contribution in [-0.4, -0.2) is 30.4 Å². The lowest BCUT2D eigenvalue weighted by molar-refractivity contribution is -0.148. The number of imide groups is 1. The molecule has 1 N–H and O–H groups in total. The molecule has 3 aromatic rings. The van der Waals surface area contributed by atoms with E-state index in [1.54, 1.807) is 31.2 Å².